The summed E-state index contributed by atoms with van der Waals surface area (Å²) in [6, 6.07) is 1.33. The maximum atomic E-state index is 13.0. The SMILES string of the molecule is COCCC(C)C(N)c1cc(F)c(F)c(F)c1. The second kappa shape index (κ2) is 6.02. The molecule has 5 heteroatoms. The standard InChI is InChI=1S/C12H16F3NO/c1-7(3-4-17-2)12(16)8-5-9(13)11(15)10(14)6-8/h5-7,12H,3-4,16H2,1-2H3. The van der Waals surface area contributed by atoms with Crippen molar-refractivity contribution in [2.45, 2.75) is 19.4 Å². The molecule has 0 saturated carbocycles. The van der Waals surface area contributed by atoms with Crippen LogP contribution in [0.15, 0.2) is 12.1 Å². The van der Waals surface area contributed by atoms with E-state index in [4.69, 9.17) is 10.5 Å². The van der Waals surface area contributed by atoms with Crippen molar-refractivity contribution in [2.24, 2.45) is 11.7 Å². The van der Waals surface area contributed by atoms with Crippen molar-refractivity contribution in [2.75, 3.05) is 13.7 Å². The first-order valence-corrected chi connectivity index (χ1v) is 5.36. The van der Waals surface area contributed by atoms with Crippen LogP contribution in [0.5, 0.6) is 0 Å². The van der Waals surface area contributed by atoms with E-state index >= 15 is 0 Å². The number of ether oxygens (including phenoxy) is 1. The number of rotatable bonds is 5. The Labute approximate surface area is 98.6 Å². The maximum Gasteiger partial charge on any atom is 0.194 e. The first kappa shape index (κ1) is 14.0. The maximum absolute atomic E-state index is 13.0. The van der Waals surface area contributed by atoms with Crippen molar-refractivity contribution in [3.05, 3.63) is 35.1 Å². The molecule has 0 aromatic heterocycles. The molecule has 2 N–H and O–H groups in total. The molecule has 1 aromatic rings. The average molecular weight is 247 g/mol. The van der Waals surface area contributed by atoms with E-state index < -0.39 is 23.5 Å². The normalized spacial score (nSPS) is 14.7. The Morgan fingerprint density at radius 3 is 2.24 bits per heavy atom. The summed E-state index contributed by atoms with van der Waals surface area (Å²) in [6.45, 7) is 2.36. The summed E-state index contributed by atoms with van der Waals surface area (Å²) in [4.78, 5) is 0. The predicted octanol–water partition coefficient (Wildman–Crippen LogP) is 2.78. The van der Waals surface area contributed by atoms with Crippen LogP contribution in [0, 0.1) is 23.4 Å². The lowest BCUT2D eigenvalue weighted by atomic mass is 9.93. The number of benzene rings is 1. The molecule has 0 spiro atoms. The summed E-state index contributed by atoms with van der Waals surface area (Å²) in [6.07, 6.45) is 0.665. The zero-order valence-electron chi connectivity index (χ0n) is 9.84. The molecule has 0 saturated heterocycles. The Balaban J connectivity index is 2.85. The van der Waals surface area contributed by atoms with Crippen molar-refractivity contribution in [1.82, 2.24) is 0 Å². The zero-order valence-corrected chi connectivity index (χ0v) is 9.84. The molecular weight excluding hydrogens is 231 g/mol. The molecule has 2 unspecified atom stereocenters. The van der Waals surface area contributed by atoms with Crippen molar-refractivity contribution in [3.8, 4) is 0 Å². The molecule has 0 aliphatic heterocycles. The summed E-state index contributed by atoms with van der Waals surface area (Å²) >= 11 is 0. The van der Waals surface area contributed by atoms with Crippen LogP contribution in [0.25, 0.3) is 0 Å². The second-order valence-corrected chi connectivity index (χ2v) is 4.08. The predicted molar refractivity (Wildman–Crippen MR) is 58.9 cm³/mol. The van der Waals surface area contributed by atoms with E-state index in [9.17, 15) is 13.2 Å². The summed E-state index contributed by atoms with van der Waals surface area (Å²) in [5.74, 6) is -3.91. The fourth-order valence-electron chi connectivity index (χ4n) is 1.58. The van der Waals surface area contributed by atoms with Gasteiger partial charge < -0.3 is 10.5 Å². The number of nitrogens with two attached hydrogens (primary N) is 1. The van der Waals surface area contributed by atoms with E-state index in [0.717, 1.165) is 12.1 Å². The smallest absolute Gasteiger partial charge is 0.194 e. The van der Waals surface area contributed by atoms with Crippen LogP contribution in [0.3, 0.4) is 0 Å². The molecule has 0 bridgehead atoms. The first-order valence-electron chi connectivity index (χ1n) is 5.36. The van der Waals surface area contributed by atoms with Crippen LogP contribution < -0.4 is 5.73 Å². The van der Waals surface area contributed by atoms with Crippen LogP contribution in [0.1, 0.15) is 24.9 Å². The lowest BCUT2D eigenvalue weighted by molar-refractivity contribution is 0.174. The molecule has 0 aliphatic carbocycles. The van der Waals surface area contributed by atoms with Gasteiger partial charge >= 0.3 is 0 Å². The van der Waals surface area contributed by atoms with E-state index in [1.807, 2.05) is 6.92 Å². The van der Waals surface area contributed by atoms with E-state index in [2.05, 4.69) is 0 Å². The van der Waals surface area contributed by atoms with Gasteiger partial charge in [0.1, 0.15) is 0 Å². The molecule has 0 fully saturated rings. The van der Waals surface area contributed by atoms with Crippen LogP contribution in [-0.2, 0) is 4.74 Å². The third kappa shape index (κ3) is 3.44. The molecule has 96 valence electrons. The van der Waals surface area contributed by atoms with E-state index in [0.29, 0.717) is 13.0 Å². The monoisotopic (exact) mass is 247 g/mol. The Morgan fingerprint density at radius 2 is 1.76 bits per heavy atom. The Bertz CT molecular complexity index is 361. The topological polar surface area (TPSA) is 35.2 Å². The molecule has 1 aromatic carbocycles. The van der Waals surface area contributed by atoms with Crippen molar-refractivity contribution in [3.63, 3.8) is 0 Å². The van der Waals surface area contributed by atoms with E-state index in [-0.39, 0.29) is 11.5 Å². The summed E-state index contributed by atoms with van der Waals surface area (Å²) < 4.78 is 43.7. The number of methoxy groups -OCH3 is 1. The highest BCUT2D eigenvalue weighted by molar-refractivity contribution is 5.22. The molecule has 2 nitrogen and oxygen atoms in total. The van der Waals surface area contributed by atoms with Gasteiger partial charge in [-0.25, -0.2) is 13.2 Å². The van der Waals surface area contributed by atoms with Gasteiger partial charge in [0.25, 0.3) is 0 Å². The lowest BCUT2D eigenvalue weighted by Crippen LogP contribution is -2.21. The lowest BCUT2D eigenvalue weighted by Gasteiger charge is -2.20. The van der Waals surface area contributed by atoms with E-state index in [1.54, 1.807) is 7.11 Å². The minimum atomic E-state index is -1.47. The van der Waals surface area contributed by atoms with Crippen LogP contribution in [0.4, 0.5) is 13.2 Å². The number of halogens is 3. The quantitative estimate of drug-likeness (QED) is 0.812. The van der Waals surface area contributed by atoms with Crippen molar-refractivity contribution < 1.29 is 17.9 Å². The van der Waals surface area contributed by atoms with Gasteiger partial charge in [0.2, 0.25) is 0 Å². The van der Waals surface area contributed by atoms with Gasteiger partial charge in [0, 0.05) is 19.8 Å². The van der Waals surface area contributed by atoms with Gasteiger partial charge in [0.15, 0.2) is 17.5 Å². The Hall–Kier alpha value is -1.07. The van der Waals surface area contributed by atoms with Gasteiger partial charge in [-0.15, -0.1) is 0 Å². The second-order valence-electron chi connectivity index (χ2n) is 4.08. The summed E-state index contributed by atoms with van der Waals surface area (Å²) in [5, 5.41) is 0. The molecule has 1 rings (SSSR count). The van der Waals surface area contributed by atoms with Crippen LogP contribution >= 0.6 is 0 Å². The van der Waals surface area contributed by atoms with Gasteiger partial charge in [-0.2, -0.15) is 0 Å². The van der Waals surface area contributed by atoms with Gasteiger partial charge in [0.05, 0.1) is 0 Å². The largest absolute Gasteiger partial charge is 0.385 e. The fraction of sp³-hybridized carbons (Fsp3) is 0.500. The third-order valence-corrected chi connectivity index (χ3v) is 2.78. The number of hydrogen-bond donors (Lipinski definition) is 1. The third-order valence-electron chi connectivity index (χ3n) is 2.78. The van der Waals surface area contributed by atoms with Gasteiger partial charge in [-0.1, -0.05) is 6.92 Å². The minimum absolute atomic E-state index is 0.0146. The average Bonchev–Trinajstić information content (AvgIpc) is 2.31. The molecule has 0 aliphatic rings. The molecule has 0 amide bonds. The Kier molecular flexibility index (Phi) is 4.96. The van der Waals surface area contributed by atoms with Crippen LogP contribution in [-0.4, -0.2) is 13.7 Å². The van der Waals surface area contributed by atoms with Crippen molar-refractivity contribution in [1.29, 1.82) is 0 Å². The van der Waals surface area contributed by atoms with Gasteiger partial charge in [-0.05, 0) is 30.0 Å². The van der Waals surface area contributed by atoms with E-state index in [1.165, 1.54) is 0 Å². The zero-order chi connectivity index (χ0) is 13.0. The fourth-order valence-corrected chi connectivity index (χ4v) is 1.58. The van der Waals surface area contributed by atoms with Crippen LogP contribution in [0.2, 0.25) is 0 Å². The molecule has 0 heterocycles. The minimum Gasteiger partial charge on any atom is -0.385 e. The van der Waals surface area contributed by atoms with Gasteiger partial charge in [-0.3, -0.25) is 0 Å². The molecule has 0 radical (unpaired) electrons. The first-order chi connectivity index (χ1) is 7.97. The highest BCUT2D eigenvalue weighted by Crippen LogP contribution is 2.24. The summed E-state index contributed by atoms with van der Waals surface area (Å²) in [5.41, 5.74) is 6.11. The molecule has 17 heavy (non-hydrogen) atoms. The molecular formula is C12H16F3NO. The summed E-state index contributed by atoms with van der Waals surface area (Å²) in [7, 11) is 1.56. The molecule has 2 atom stereocenters. The highest BCUT2D eigenvalue weighted by Gasteiger charge is 2.19. The number of hydrogen-bond acceptors (Lipinski definition) is 2. The van der Waals surface area contributed by atoms with Crippen molar-refractivity contribution >= 4 is 0 Å². The Morgan fingerprint density at radius 1 is 1.24 bits per heavy atom. The highest BCUT2D eigenvalue weighted by atomic mass is 19.2.